The maximum absolute atomic E-state index is 12.0. The van der Waals surface area contributed by atoms with Crippen molar-refractivity contribution < 1.29 is 19.1 Å². The molecule has 0 aliphatic rings. The minimum atomic E-state index is -0.340. The highest BCUT2D eigenvalue weighted by Crippen LogP contribution is 2.17. The average molecular weight is 524 g/mol. The molecule has 0 fully saturated rings. The first-order valence-electron chi connectivity index (χ1n) is 10.8. The van der Waals surface area contributed by atoms with E-state index in [4.69, 9.17) is 9.47 Å². The summed E-state index contributed by atoms with van der Waals surface area (Å²) < 4.78 is 12.2. The molecule has 0 aliphatic carbocycles. The molecule has 0 spiro atoms. The quantitative estimate of drug-likeness (QED) is 0.263. The minimum Gasteiger partial charge on any atom is -0.494 e. The lowest BCUT2D eigenvalue weighted by Crippen LogP contribution is -2.20. The molecule has 0 heterocycles. The van der Waals surface area contributed by atoms with E-state index in [0.29, 0.717) is 18.9 Å². The van der Waals surface area contributed by atoms with E-state index in [-0.39, 0.29) is 24.7 Å². The monoisotopic (exact) mass is 523 g/mol. The highest BCUT2D eigenvalue weighted by molar-refractivity contribution is 9.10. The molecular formula is C26H26BrN3O4. The van der Waals surface area contributed by atoms with Gasteiger partial charge in [-0.3, -0.25) is 9.59 Å². The topological polar surface area (TPSA) is 89.0 Å². The number of nitrogens with zero attached hydrogens (tertiary/aromatic N) is 1. The van der Waals surface area contributed by atoms with Crippen molar-refractivity contribution in [2.24, 2.45) is 5.10 Å². The van der Waals surface area contributed by atoms with Gasteiger partial charge >= 0.3 is 0 Å². The Morgan fingerprint density at radius 2 is 1.47 bits per heavy atom. The minimum absolute atomic E-state index is 0.0308. The number of halogens is 1. The summed E-state index contributed by atoms with van der Waals surface area (Å²) in [6.45, 7) is 2.96. The van der Waals surface area contributed by atoms with Gasteiger partial charge in [0.25, 0.3) is 0 Å². The van der Waals surface area contributed by atoms with Gasteiger partial charge in [-0.2, -0.15) is 5.10 Å². The Hall–Kier alpha value is -3.65. The first-order valence-corrected chi connectivity index (χ1v) is 11.6. The number of anilines is 1. The molecule has 0 radical (unpaired) electrons. The van der Waals surface area contributed by atoms with E-state index in [1.165, 1.54) is 6.21 Å². The first kappa shape index (κ1) is 25.0. The molecular weight excluding hydrogens is 498 g/mol. The van der Waals surface area contributed by atoms with Crippen LogP contribution in [0.4, 0.5) is 5.69 Å². The average Bonchev–Trinajstić information content (AvgIpc) is 2.85. The fraction of sp³-hybridized carbons (Fsp3) is 0.192. The molecule has 2 amide bonds. The number of hydrogen-bond acceptors (Lipinski definition) is 5. The van der Waals surface area contributed by atoms with Crippen LogP contribution in [0.2, 0.25) is 0 Å². The third-order valence-corrected chi connectivity index (χ3v) is 5.16. The number of hydrazone groups is 1. The Morgan fingerprint density at radius 3 is 2.15 bits per heavy atom. The second-order valence-electron chi connectivity index (χ2n) is 7.28. The van der Waals surface area contributed by atoms with Gasteiger partial charge in [-0.15, -0.1) is 0 Å². The third-order valence-electron chi connectivity index (χ3n) is 4.63. The summed E-state index contributed by atoms with van der Waals surface area (Å²) in [4.78, 5) is 24.0. The zero-order chi connectivity index (χ0) is 24.2. The van der Waals surface area contributed by atoms with Gasteiger partial charge in [-0.25, -0.2) is 5.43 Å². The van der Waals surface area contributed by atoms with Crippen LogP contribution in [0, 0.1) is 0 Å². The molecule has 0 aromatic heterocycles. The lowest BCUT2D eigenvalue weighted by Gasteiger charge is -2.07. The number of ether oxygens (including phenoxy) is 2. The van der Waals surface area contributed by atoms with Gasteiger partial charge in [0, 0.05) is 23.0 Å². The summed E-state index contributed by atoms with van der Waals surface area (Å²) in [6.07, 6.45) is 1.62. The van der Waals surface area contributed by atoms with E-state index in [2.05, 4.69) is 31.8 Å². The lowest BCUT2D eigenvalue weighted by molar-refractivity contribution is -0.124. The molecule has 3 rings (SSSR count). The number of hydrogen-bond donors (Lipinski definition) is 2. The predicted octanol–water partition coefficient (Wildman–Crippen LogP) is 5.30. The van der Waals surface area contributed by atoms with E-state index in [1.54, 1.807) is 24.3 Å². The summed E-state index contributed by atoms with van der Waals surface area (Å²) >= 11 is 3.41. The Morgan fingerprint density at radius 1 is 0.853 bits per heavy atom. The SMILES string of the molecule is CCOc1ccc(NC(=O)CCC(=O)NN=Cc2ccc(OCc3ccc(Br)cc3)cc2)cc1. The molecule has 0 aliphatic heterocycles. The summed E-state index contributed by atoms with van der Waals surface area (Å²) in [5.41, 5.74) is 4.97. The van der Waals surface area contributed by atoms with E-state index in [9.17, 15) is 9.59 Å². The van der Waals surface area contributed by atoms with Crippen LogP contribution in [-0.4, -0.2) is 24.6 Å². The second-order valence-corrected chi connectivity index (χ2v) is 8.20. The number of carbonyl (C=O) groups is 2. The van der Waals surface area contributed by atoms with Crippen molar-refractivity contribution in [3.63, 3.8) is 0 Å². The Labute approximate surface area is 207 Å². The molecule has 0 saturated heterocycles. The molecule has 3 aromatic carbocycles. The van der Waals surface area contributed by atoms with Crippen LogP contribution in [0.3, 0.4) is 0 Å². The van der Waals surface area contributed by atoms with Crippen molar-refractivity contribution in [2.45, 2.75) is 26.4 Å². The van der Waals surface area contributed by atoms with Gasteiger partial charge in [-0.05, 0) is 78.7 Å². The Bertz CT molecular complexity index is 1100. The van der Waals surface area contributed by atoms with Crippen LogP contribution in [0.1, 0.15) is 30.9 Å². The van der Waals surface area contributed by atoms with Crippen molar-refractivity contribution in [1.29, 1.82) is 0 Å². The normalized spacial score (nSPS) is 10.6. The Kier molecular flexibility index (Phi) is 9.66. The van der Waals surface area contributed by atoms with Crippen LogP contribution in [-0.2, 0) is 16.2 Å². The number of carbonyl (C=O) groups excluding carboxylic acids is 2. The molecule has 3 aromatic rings. The van der Waals surface area contributed by atoms with Gasteiger partial charge < -0.3 is 14.8 Å². The van der Waals surface area contributed by atoms with E-state index < -0.39 is 0 Å². The van der Waals surface area contributed by atoms with Crippen LogP contribution in [0.25, 0.3) is 0 Å². The van der Waals surface area contributed by atoms with Gasteiger partial charge in [0.2, 0.25) is 11.8 Å². The summed E-state index contributed by atoms with van der Waals surface area (Å²) in [5, 5.41) is 6.70. The molecule has 34 heavy (non-hydrogen) atoms. The number of amides is 2. The molecule has 176 valence electrons. The second kappa shape index (κ2) is 13.2. The fourth-order valence-corrected chi connectivity index (χ4v) is 3.15. The summed E-state index contributed by atoms with van der Waals surface area (Å²) in [5.74, 6) is 0.887. The van der Waals surface area contributed by atoms with Gasteiger partial charge in [0.05, 0.1) is 12.8 Å². The summed E-state index contributed by atoms with van der Waals surface area (Å²) in [7, 11) is 0. The Balaban J connectivity index is 1.36. The maximum Gasteiger partial charge on any atom is 0.240 e. The number of benzene rings is 3. The highest BCUT2D eigenvalue weighted by atomic mass is 79.9. The molecule has 0 bridgehead atoms. The van der Waals surface area contributed by atoms with Crippen LogP contribution in [0.5, 0.6) is 11.5 Å². The van der Waals surface area contributed by atoms with Gasteiger partial charge in [0.1, 0.15) is 18.1 Å². The van der Waals surface area contributed by atoms with Crippen molar-refractivity contribution in [3.05, 3.63) is 88.4 Å². The molecule has 0 atom stereocenters. The predicted molar refractivity (Wildman–Crippen MR) is 136 cm³/mol. The lowest BCUT2D eigenvalue weighted by atomic mass is 10.2. The zero-order valence-corrected chi connectivity index (χ0v) is 20.4. The molecule has 0 saturated carbocycles. The van der Waals surface area contributed by atoms with Crippen molar-refractivity contribution in [1.82, 2.24) is 5.43 Å². The standard InChI is InChI=1S/C26H26BrN3O4/c1-2-33-23-13-9-22(10-14-23)29-25(31)15-16-26(32)30-28-17-19-5-11-24(12-6-19)34-18-20-3-7-21(27)8-4-20/h3-14,17H,2,15-16,18H2,1H3,(H,29,31)(H,30,32). The summed E-state index contributed by atoms with van der Waals surface area (Å²) in [6, 6.07) is 22.4. The first-order chi connectivity index (χ1) is 16.5. The van der Waals surface area contributed by atoms with E-state index >= 15 is 0 Å². The van der Waals surface area contributed by atoms with Crippen LogP contribution in [0.15, 0.2) is 82.4 Å². The van der Waals surface area contributed by atoms with Gasteiger partial charge in [0.15, 0.2) is 0 Å². The van der Waals surface area contributed by atoms with Crippen molar-refractivity contribution >= 4 is 39.6 Å². The molecule has 0 unspecified atom stereocenters. The molecule has 8 heteroatoms. The molecule has 2 N–H and O–H groups in total. The highest BCUT2D eigenvalue weighted by Gasteiger charge is 2.07. The third kappa shape index (κ3) is 8.71. The zero-order valence-electron chi connectivity index (χ0n) is 18.8. The van der Waals surface area contributed by atoms with E-state index in [0.717, 1.165) is 27.1 Å². The van der Waals surface area contributed by atoms with Crippen molar-refractivity contribution in [2.75, 3.05) is 11.9 Å². The van der Waals surface area contributed by atoms with Crippen molar-refractivity contribution in [3.8, 4) is 11.5 Å². The largest absolute Gasteiger partial charge is 0.494 e. The van der Waals surface area contributed by atoms with Gasteiger partial charge in [-0.1, -0.05) is 28.1 Å². The smallest absolute Gasteiger partial charge is 0.240 e. The maximum atomic E-state index is 12.0. The fourth-order valence-electron chi connectivity index (χ4n) is 2.88. The van der Waals surface area contributed by atoms with Crippen LogP contribution >= 0.6 is 15.9 Å². The van der Waals surface area contributed by atoms with E-state index in [1.807, 2.05) is 55.5 Å². The van der Waals surface area contributed by atoms with Crippen LogP contribution < -0.4 is 20.2 Å². The number of rotatable bonds is 11. The molecule has 7 nitrogen and oxygen atoms in total. The number of nitrogens with one attached hydrogen (secondary N) is 2.